The molecular formula is C15H23N5S. The first-order valence-corrected chi connectivity index (χ1v) is 8.10. The lowest BCUT2D eigenvalue weighted by Gasteiger charge is -2.14. The number of anilines is 2. The first-order valence-electron chi connectivity index (χ1n) is 7.22. The van der Waals surface area contributed by atoms with Crippen LogP contribution in [0.25, 0.3) is 0 Å². The van der Waals surface area contributed by atoms with Gasteiger partial charge in [0.1, 0.15) is 17.5 Å². The largest absolute Gasteiger partial charge is 0.373 e. The van der Waals surface area contributed by atoms with Gasteiger partial charge in [0.25, 0.3) is 0 Å². The molecule has 0 bridgehead atoms. The van der Waals surface area contributed by atoms with Gasteiger partial charge in [0.2, 0.25) is 0 Å². The van der Waals surface area contributed by atoms with E-state index in [9.17, 15) is 0 Å². The average molecular weight is 305 g/mol. The van der Waals surface area contributed by atoms with E-state index in [1.807, 2.05) is 20.9 Å². The van der Waals surface area contributed by atoms with Crippen LogP contribution in [0.5, 0.6) is 0 Å². The van der Waals surface area contributed by atoms with Crippen molar-refractivity contribution >= 4 is 23.0 Å². The fourth-order valence-corrected chi connectivity index (χ4v) is 2.69. The van der Waals surface area contributed by atoms with Gasteiger partial charge in [-0.2, -0.15) is 0 Å². The van der Waals surface area contributed by atoms with Gasteiger partial charge in [-0.05, 0) is 13.8 Å². The summed E-state index contributed by atoms with van der Waals surface area (Å²) in [5, 5.41) is 9.78. The lowest BCUT2D eigenvalue weighted by Crippen LogP contribution is -2.12. The van der Waals surface area contributed by atoms with E-state index in [-0.39, 0.29) is 0 Å². The molecule has 0 saturated heterocycles. The van der Waals surface area contributed by atoms with Crippen LogP contribution in [0, 0.1) is 13.8 Å². The van der Waals surface area contributed by atoms with Crippen molar-refractivity contribution < 1.29 is 0 Å². The number of aromatic nitrogens is 3. The van der Waals surface area contributed by atoms with Crippen molar-refractivity contribution in [2.45, 2.75) is 40.0 Å². The van der Waals surface area contributed by atoms with E-state index in [1.54, 1.807) is 11.3 Å². The monoisotopic (exact) mass is 305 g/mol. The fourth-order valence-electron chi connectivity index (χ4n) is 2.04. The zero-order valence-corrected chi connectivity index (χ0v) is 14.1. The Morgan fingerprint density at radius 3 is 2.43 bits per heavy atom. The van der Waals surface area contributed by atoms with E-state index < -0.39 is 0 Å². The van der Waals surface area contributed by atoms with E-state index in [0.717, 1.165) is 46.7 Å². The molecule has 21 heavy (non-hydrogen) atoms. The number of rotatable bonds is 6. The van der Waals surface area contributed by atoms with Crippen molar-refractivity contribution in [3.05, 3.63) is 27.5 Å². The van der Waals surface area contributed by atoms with Gasteiger partial charge in [-0.3, -0.25) is 0 Å². The predicted molar refractivity (Wildman–Crippen MR) is 89.4 cm³/mol. The number of nitrogens with zero attached hydrogens (tertiary/aromatic N) is 3. The van der Waals surface area contributed by atoms with Crippen molar-refractivity contribution in [1.82, 2.24) is 15.0 Å². The zero-order valence-electron chi connectivity index (χ0n) is 13.3. The number of thiazole rings is 1. The molecule has 0 aliphatic heterocycles. The minimum atomic E-state index is 0.305. The topological polar surface area (TPSA) is 62.7 Å². The Morgan fingerprint density at radius 2 is 1.86 bits per heavy atom. The van der Waals surface area contributed by atoms with Crippen molar-refractivity contribution in [2.24, 2.45) is 0 Å². The number of hydrogen-bond acceptors (Lipinski definition) is 6. The van der Waals surface area contributed by atoms with Gasteiger partial charge < -0.3 is 10.6 Å². The summed E-state index contributed by atoms with van der Waals surface area (Å²) in [6.45, 7) is 9.09. The van der Waals surface area contributed by atoms with Crippen LogP contribution >= 0.6 is 11.3 Å². The summed E-state index contributed by atoms with van der Waals surface area (Å²) in [7, 11) is 1.89. The highest BCUT2D eigenvalue weighted by molar-refractivity contribution is 7.09. The van der Waals surface area contributed by atoms with Crippen LogP contribution in [-0.2, 0) is 6.42 Å². The predicted octanol–water partition coefficient (Wildman–Crippen LogP) is 3.37. The van der Waals surface area contributed by atoms with Gasteiger partial charge >= 0.3 is 0 Å². The summed E-state index contributed by atoms with van der Waals surface area (Å²) < 4.78 is 0. The van der Waals surface area contributed by atoms with Gasteiger partial charge in [0.15, 0.2) is 0 Å². The molecule has 2 N–H and O–H groups in total. The van der Waals surface area contributed by atoms with E-state index in [0.29, 0.717) is 5.92 Å². The Bertz CT molecular complexity index is 606. The van der Waals surface area contributed by atoms with Gasteiger partial charge in [0, 0.05) is 36.9 Å². The quantitative estimate of drug-likeness (QED) is 0.856. The smallest absolute Gasteiger partial charge is 0.135 e. The van der Waals surface area contributed by atoms with Crippen LogP contribution in [0.4, 0.5) is 11.6 Å². The molecule has 0 spiro atoms. The molecule has 2 heterocycles. The molecule has 0 fully saturated rings. The molecule has 0 saturated carbocycles. The van der Waals surface area contributed by atoms with Crippen molar-refractivity contribution in [1.29, 1.82) is 0 Å². The first kappa shape index (κ1) is 15.7. The Balaban J connectivity index is 2.09. The molecule has 6 heteroatoms. The Hall–Kier alpha value is -1.69. The third-order valence-electron chi connectivity index (χ3n) is 3.26. The maximum absolute atomic E-state index is 4.64. The Labute approximate surface area is 130 Å². The van der Waals surface area contributed by atoms with Crippen LogP contribution in [0.1, 0.15) is 41.9 Å². The standard InChI is InChI=1S/C15H23N5S/c1-9(2)13-19-14(16-5)10(3)15(20-13)17-7-6-12-8-21-11(4)18-12/h8-9H,6-7H2,1-5H3,(H2,16,17,19,20). The summed E-state index contributed by atoms with van der Waals surface area (Å²) in [6, 6.07) is 0. The summed E-state index contributed by atoms with van der Waals surface area (Å²) in [5.41, 5.74) is 2.19. The lowest BCUT2D eigenvalue weighted by molar-refractivity contribution is 0.772. The van der Waals surface area contributed by atoms with Crippen LogP contribution in [0.3, 0.4) is 0 Å². The molecule has 0 radical (unpaired) electrons. The molecule has 0 aliphatic carbocycles. The van der Waals surface area contributed by atoms with Crippen LogP contribution in [-0.4, -0.2) is 28.5 Å². The molecule has 0 amide bonds. The molecular weight excluding hydrogens is 282 g/mol. The second kappa shape index (κ2) is 6.85. The van der Waals surface area contributed by atoms with Gasteiger partial charge in [-0.15, -0.1) is 11.3 Å². The highest BCUT2D eigenvalue weighted by Gasteiger charge is 2.12. The molecule has 2 aromatic heterocycles. The summed E-state index contributed by atoms with van der Waals surface area (Å²) in [5.74, 6) is 2.96. The average Bonchev–Trinajstić information content (AvgIpc) is 2.86. The molecule has 2 rings (SSSR count). The summed E-state index contributed by atoms with van der Waals surface area (Å²) >= 11 is 1.69. The Morgan fingerprint density at radius 1 is 1.14 bits per heavy atom. The highest BCUT2D eigenvalue weighted by Crippen LogP contribution is 2.22. The molecule has 0 atom stereocenters. The third-order valence-corrected chi connectivity index (χ3v) is 4.08. The van der Waals surface area contributed by atoms with E-state index in [1.165, 1.54) is 0 Å². The van der Waals surface area contributed by atoms with Gasteiger partial charge in [-0.1, -0.05) is 13.8 Å². The molecule has 0 aliphatic rings. The molecule has 0 unspecified atom stereocenters. The van der Waals surface area contributed by atoms with Crippen molar-refractivity contribution in [3.63, 3.8) is 0 Å². The number of nitrogens with one attached hydrogen (secondary N) is 2. The normalized spacial score (nSPS) is 11.0. The first-order chi connectivity index (χ1) is 10.0. The molecule has 2 aromatic rings. The molecule has 5 nitrogen and oxygen atoms in total. The Kier molecular flexibility index (Phi) is 5.12. The van der Waals surface area contributed by atoms with E-state index in [4.69, 9.17) is 0 Å². The molecule has 114 valence electrons. The van der Waals surface area contributed by atoms with E-state index >= 15 is 0 Å². The second-order valence-corrected chi connectivity index (χ2v) is 6.41. The van der Waals surface area contributed by atoms with Crippen molar-refractivity contribution in [3.8, 4) is 0 Å². The van der Waals surface area contributed by atoms with Gasteiger partial charge in [0.05, 0.1) is 10.7 Å². The SMILES string of the molecule is CNc1nc(C(C)C)nc(NCCc2csc(C)n2)c1C. The number of hydrogen-bond donors (Lipinski definition) is 2. The molecule has 0 aromatic carbocycles. The highest BCUT2D eigenvalue weighted by atomic mass is 32.1. The maximum atomic E-state index is 4.64. The van der Waals surface area contributed by atoms with Crippen LogP contribution in [0.2, 0.25) is 0 Å². The summed E-state index contributed by atoms with van der Waals surface area (Å²) in [4.78, 5) is 13.7. The summed E-state index contributed by atoms with van der Waals surface area (Å²) in [6.07, 6.45) is 0.902. The van der Waals surface area contributed by atoms with E-state index in [2.05, 4.69) is 44.8 Å². The third kappa shape index (κ3) is 3.91. The second-order valence-electron chi connectivity index (χ2n) is 5.34. The van der Waals surface area contributed by atoms with Gasteiger partial charge in [-0.25, -0.2) is 15.0 Å². The minimum Gasteiger partial charge on any atom is -0.373 e. The maximum Gasteiger partial charge on any atom is 0.135 e. The zero-order chi connectivity index (χ0) is 15.4. The van der Waals surface area contributed by atoms with Crippen LogP contribution < -0.4 is 10.6 Å². The minimum absolute atomic E-state index is 0.305. The van der Waals surface area contributed by atoms with Crippen molar-refractivity contribution in [2.75, 3.05) is 24.2 Å². The number of aryl methyl sites for hydroxylation is 1. The fraction of sp³-hybridized carbons (Fsp3) is 0.533. The van der Waals surface area contributed by atoms with Crippen LogP contribution in [0.15, 0.2) is 5.38 Å². The lowest BCUT2D eigenvalue weighted by atomic mass is 10.2.